The zero-order chi connectivity index (χ0) is 12.2. The van der Waals surface area contributed by atoms with Gasteiger partial charge in [0.1, 0.15) is 0 Å². The largest absolute Gasteiger partial charge is 0.356 e. The van der Waals surface area contributed by atoms with Crippen LogP contribution in [0.4, 0.5) is 0 Å². The van der Waals surface area contributed by atoms with Crippen molar-refractivity contribution in [3.05, 3.63) is 0 Å². The van der Waals surface area contributed by atoms with Crippen molar-refractivity contribution in [2.75, 3.05) is 13.1 Å². The second-order valence-electron chi connectivity index (χ2n) is 6.24. The third-order valence-electron chi connectivity index (χ3n) is 3.30. The normalized spacial score (nSPS) is 19.0. The van der Waals surface area contributed by atoms with E-state index in [4.69, 9.17) is 5.73 Å². The molecule has 0 saturated heterocycles. The molecule has 0 aromatic heterocycles. The van der Waals surface area contributed by atoms with Crippen molar-refractivity contribution in [2.45, 2.75) is 46.5 Å². The van der Waals surface area contributed by atoms with Crippen LogP contribution in [-0.4, -0.2) is 19.0 Å². The molecule has 94 valence electrons. The van der Waals surface area contributed by atoms with Crippen LogP contribution in [0.1, 0.15) is 46.5 Å². The van der Waals surface area contributed by atoms with E-state index in [1.165, 1.54) is 19.3 Å². The van der Waals surface area contributed by atoms with Gasteiger partial charge in [0.05, 0.1) is 5.92 Å². The molecule has 1 atom stereocenters. The van der Waals surface area contributed by atoms with Crippen molar-refractivity contribution in [1.29, 1.82) is 0 Å². The first-order chi connectivity index (χ1) is 7.42. The fourth-order valence-electron chi connectivity index (χ4n) is 2.11. The van der Waals surface area contributed by atoms with Gasteiger partial charge in [-0.25, -0.2) is 0 Å². The summed E-state index contributed by atoms with van der Waals surface area (Å²) >= 11 is 0. The monoisotopic (exact) mass is 226 g/mol. The average Bonchev–Trinajstić information content (AvgIpc) is 2.10. The number of hydrogen-bond donors (Lipinski definition) is 2. The van der Waals surface area contributed by atoms with Crippen molar-refractivity contribution in [3.63, 3.8) is 0 Å². The molecule has 0 spiro atoms. The number of amides is 1. The number of hydrogen-bond acceptors (Lipinski definition) is 2. The second-order valence-corrected chi connectivity index (χ2v) is 6.24. The molecule has 0 heterocycles. The van der Waals surface area contributed by atoms with Gasteiger partial charge in [0.2, 0.25) is 5.91 Å². The van der Waals surface area contributed by atoms with E-state index in [1.54, 1.807) is 0 Å². The maximum atomic E-state index is 11.9. The van der Waals surface area contributed by atoms with Crippen LogP contribution in [-0.2, 0) is 4.79 Å². The Labute approximate surface area is 99.2 Å². The lowest BCUT2D eigenvalue weighted by atomic mass is 9.83. The summed E-state index contributed by atoms with van der Waals surface area (Å²) in [5.74, 6) is 0.835. The highest BCUT2D eigenvalue weighted by Crippen LogP contribution is 2.26. The quantitative estimate of drug-likeness (QED) is 0.752. The lowest BCUT2D eigenvalue weighted by Crippen LogP contribution is -2.40. The van der Waals surface area contributed by atoms with E-state index >= 15 is 0 Å². The van der Waals surface area contributed by atoms with Gasteiger partial charge in [-0.3, -0.25) is 4.79 Å². The average molecular weight is 226 g/mol. The van der Waals surface area contributed by atoms with Crippen LogP contribution in [0.3, 0.4) is 0 Å². The lowest BCUT2D eigenvalue weighted by molar-refractivity contribution is -0.125. The van der Waals surface area contributed by atoms with Gasteiger partial charge in [0.15, 0.2) is 0 Å². The second kappa shape index (κ2) is 5.67. The maximum absolute atomic E-state index is 11.9. The van der Waals surface area contributed by atoms with E-state index in [-0.39, 0.29) is 17.2 Å². The van der Waals surface area contributed by atoms with Gasteiger partial charge >= 0.3 is 0 Å². The van der Waals surface area contributed by atoms with Crippen LogP contribution in [0.25, 0.3) is 0 Å². The first kappa shape index (κ1) is 13.5. The SMILES string of the molecule is CC(C)(C)CC(CN)C(=O)NCC1CCC1. The summed E-state index contributed by atoms with van der Waals surface area (Å²) in [6.07, 6.45) is 4.72. The number of carbonyl (C=O) groups is 1. The van der Waals surface area contributed by atoms with Crippen LogP contribution < -0.4 is 11.1 Å². The smallest absolute Gasteiger partial charge is 0.224 e. The summed E-state index contributed by atoms with van der Waals surface area (Å²) in [6, 6.07) is 0. The molecular weight excluding hydrogens is 200 g/mol. The molecule has 1 amide bonds. The zero-order valence-corrected chi connectivity index (χ0v) is 10.9. The molecule has 1 fully saturated rings. The van der Waals surface area contributed by atoms with Crippen LogP contribution >= 0.6 is 0 Å². The van der Waals surface area contributed by atoms with Gasteiger partial charge in [0.25, 0.3) is 0 Å². The lowest BCUT2D eigenvalue weighted by Gasteiger charge is -2.28. The van der Waals surface area contributed by atoms with Crippen LogP contribution in [0.15, 0.2) is 0 Å². The van der Waals surface area contributed by atoms with Gasteiger partial charge < -0.3 is 11.1 Å². The number of nitrogens with two attached hydrogens (primary N) is 1. The molecular formula is C13H26N2O. The summed E-state index contributed by atoms with van der Waals surface area (Å²) in [5.41, 5.74) is 5.84. The molecule has 1 rings (SSSR count). The van der Waals surface area contributed by atoms with E-state index in [9.17, 15) is 4.79 Å². The molecule has 1 saturated carbocycles. The molecule has 0 aliphatic heterocycles. The van der Waals surface area contributed by atoms with Crippen LogP contribution in [0.5, 0.6) is 0 Å². The Balaban J connectivity index is 2.30. The van der Waals surface area contributed by atoms with Gasteiger partial charge in [-0.1, -0.05) is 27.2 Å². The summed E-state index contributed by atoms with van der Waals surface area (Å²) in [5, 5.41) is 3.04. The number of carbonyl (C=O) groups excluding carboxylic acids is 1. The van der Waals surface area contributed by atoms with E-state index in [0.29, 0.717) is 6.54 Å². The third-order valence-corrected chi connectivity index (χ3v) is 3.30. The highest BCUT2D eigenvalue weighted by Gasteiger charge is 2.25. The topological polar surface area (TPSA) is 55.1 Å². The van der Waals surface area contributed by atoms with Crippen molar-refractivity contribution in [3.8, 4) is 0 Å². The molecule has 1 aliphatic carbocycles. The minimum Gasteiger partial charge on any atom is -0.356 e. The Bertz CT molecular complexity index is 229. The van der Waals surface area contributed by atoms with E-state index in [1.807, 2.05) is 0 Å². The molecule has 1 unspecified atom stereocenters. The van der Waals surface area contributed by atoms with Gasteiger partial charge in [-0.2, -0.15) is 0 Å². The van der Waals surface area contributed by atoms with Gasteiger partial charge in [0, 0.05) is 13.1 Å². The summed E-state index contributed by atoms with van der Waals surface area (Å²) in [7, 11) is 0. The third kappa shape index (κ3) is 4.52. The summed E-state index contributed by atoms with van der Waals surface area (Å²) in [6.45, 7) is 7.74. The standard InChI is InChI=1S/C13H26N2O/c1-13(2,3)7-11(8-14)12(16)15-9-10-5-4-6-10/h10-11H,4-9,14H2,1-3H3,(H,15,16). The molecule has 0 radical (unpaired) electrons. The van der Waals surface area contributed by atoms with Crippen molar-refractivity contribution in [1.82, 2.24) is 5.32 Å². The predicted molar refractivity (Wildman–Crippen MR) is 67.0 cm³/mol. The van der Waals surface area contributed by atoms with E-state index in [0.717, 1.165) is 18.9 Å². The van der Waals surface area contributed by atoms with Gasteiger partial charge in [-0.15, -0.1) is 0 Å². The Hall–Kier alpha value is -0.570. The molecule has 1 aliphatic rings. The highest BCUT2D eigenvalue weighted by atomic mass is 16.1. The number of nitrogens with one attached hydrogen (secondary N) is 1. The Kier molecular flexibility index (Phi) is 4.78. The van der Waals surface area contributed by atoms with E-state index < -0.39 is 0 Å². The van der Waals surface area contributed by atoms with E-state index in [2.05, 4.69) is 26.1 Å². The molecule has 3 heteroatoms. The van der Waals surface area contributed by atoms with Gasteiger partial charge in [-0.05, 0) is 30.6 Å². The van der Waals surface area contributed by atoms with Crippen molar-refractivity contribution in [2.24, 2.45) is 23.0 Å². The highest BCUT2D eigenvalue weighted by molar-refractivity contribution is 5.78. The minimum absolute atomic E-state index is 0.0277. The van der Waals surface area contributed by atoms with Crippen molar-refractivity contribution < 1.29 is 4.79 Å². The summed E-state index contributed by atoms with van der Waals surface area (Å²) < 4.78 is 0. The fraction of sp³-hybridized carbons (Fsp3) is 0.923. The fourth-order valence-corrected chi connectivity index (χ4v) is 2.11. The first-order valence-corrected chi connectivity index (χ1v) is 6.40. The Morgan fingerprint density at radius 3 is 2.44 bits per heavy atom. The Morgan fingerprint density at radius 2 is 2.06 bits per heavy atom. The predicted octanol–water partition coefficient (Wildman–Crippen LogP) is 1.91. The Morgan fingerprint density at radius 1 is 1.44 bits per heavy atom. The zero-order valence-electron chi connectivity index (χ0n) is 10.9. The van der Waals surface area contributed by atoms with Crippen molar-refractivity contribution >= 4 is 5.91 Å². The number of rotatable bonds is 5. The maximum Gasteiger partial charge on any atom is 0.224 e. The molecule has 3 nitrogen and oxygen atoms in total. The summed E-state index contributed by atoms with van der Waals surface area (Å²) in [4.78, 5) is 11.9. The van der Waals surface area contributed by atoms with Crippen LogP contribution in [0, 0.1) is 17.3 Å². The molecule has 0 bridgehead atoms. The molecule has 0 aromatic carbocycles. The van der Waals surface area contributed by atoms with Crippen LogP contribution in [0.2, 0.25) is 0 Å². The first-order valence-electron chi connectivity index (χ1n) is 6.40. The molecule has 3 N–H and O–H groups in total. The minimum atomic E-state index is -0.0277. The molecule has 16 heavy (non-hydrogen) atoms. The molecule has 0 aromatic rings.